The van der Waals surface area contributed by atoms with E-state index in [4.69, 9.17) is 0 Å². The van der Waals surface area contributed by atoms with Crippen molar-refractivity contribution in [2.24, 2.45) is 0 Å². The molecule has 2 aromatic carbocycles. The molecule has 1 heterocycles. The predicted molar refractivity (Wildman–Crippen MR) is 78.7 cm³/mol. The Bertz CT molecular complexity index is 612. The molecule has 1 aliphatic heterocycles. The molecule has 0 aliphatic carbocycles. The van der Waals surface area contributed by atoms with Gasteiger partial charge in [-0.25, -0.2) is 4.39 Å². The van der Waals surface area contributed by atoms with Crippen LogP contribution in [0.25, 0.3) is 0 Å². The van der Waals surface area contributed by atoms with Crippen molar-refractivity contribution < 1.29 is 9.50 Å². The first-order valence-corrected chi connectivity index (χ1v) is 7.04. The third-order valence-electron chi connectivity index (χ3n) is 3.86. The van der Waals surface area contributed by atoms with Gasteiger partial charge < -0.3 is 10.0 Å². The Morgan fingerprint density at radius 1 is 1.05 bits per heavy atom. The minimum absolute atomic E-state index is 0.147. The van der Waals surface area contributed by atoms with E-state index in [0.717, 1.165) is 31.5 Å². The summed E-state index contributed by atoms with van der Waals surface area (Å²) in [6.45, 7) is 0.751. The van der Waals surface area contributed by atoms with Gasteiger partial charge in [0.1, 0.15) is 5.82 Å². The molecule has 3 heteroatoms. The molecule has 0 spiro atoms. The molecule has 0 saturated carbocycles. The van der Waals surface area contributed by atoms with E-state index >= 15 is 0 Å². The number of benzene rings is 2. The maximum absolute atomic E-state index is 13.3. The topological polar surface area (TPSA) is 23.5 Å². The summed E-state index contributed by atoms with van der Waals surface area (Å²) in [5, 5.41) is 9.50. The Balaban J connectivity index is 2.10. The highest BCUT2D eigenvalue weighted by atomic mass is 19.1. The second-order valence-corrected chi connectivity index (χ2v) is 5.17. The number of aliphatic hydroxyl groups excluding tert-OH is 1. The maximum atomic E-state index is 13.3. The molecule has 104 valence electrons. The number of nitrogens with zero attached hydrogens (tertiary/aromatic N) is 1. The highest BCUT2D eigenvalue weighted by Gasteiger charge is 2.18. The molecule has 0 radical (unpaired) electrons. The van der Waals surface area contributed by atoms with Gasteiger partial charge >= 0.3 is 0 Å². The zero-order valence-corrected chi connectivity index (χ0v) is 11.3. The molecular weight excluding hydrogens is 253 g/mol. The van der Waals surface area contributed by atoms with Gasteiger partial charge in [0.05, 0.1) is 6.61 Å². The van der Waals surface area contributed by atoms with Crippen molar-refractivity contribution >= 4 is 11.4 Å². The molecule has 1 N–H and O–H groups in total. The number of hydrogen-bond donors (Lipinski definition) is 1. The van der Waals surface area contributed by atoms with Crippen molar-refractivity contribution in [1.82, 2.24) is 0 Å². The summed E-state index contributed by atoms with van der Waals surface area (Å²) in [6.07, 6.45) is 3.32. The van der Waals surface area contributed by atoms with E-state index in [-0.39, 0.29) is 12.4 Å². The minimum atomic E-state index is -0.305. The molecule has 0 fully saturated rings. The number of aliphatic hydroxyl groups is 1. The maximum Gasteiger partial charge on any atom is 0.123 e. The van der Waals surface area contributed by atoms with E-state index in [2.05, 4.69) is 23.1 Å². The lowest BCUT2D eigenvalue weighted by Gasteiger charge is -2.27. The molecule has 20 heavy (non-hydrogen) atoms. The van der Waals surface area contributed by atoms with E-state index in [1.165, 1.54) is 23.4 Å². The van der Waals surface area contributed by atoms with Crippen LogP contribution in [0.2, 0.25) is 0 Å². The average molecular weight is 271 g/mol. The highest BCUT2D eigenvalue weighted by Crippen LogP contribution is 2.34. The van der Waals surface area contributed by atoms with Gasteiger partial charge in [-0.1, -0.05) is 18.2 Å². The Hall–Kier alpha value is -1.87. The molecule has 0 amide bonds. The molecule has 2 nitrogen and oxygen atoms in total. The van der Waals surface area contributed by atoms with Crippen LogP contribution in [0.1, 0.15) is 24.0 Å². The Labute approximate surface area is 118 Å². The SMILES string of the molecule is OCc1cc(F)ccc1N1CCCCc2ccccc21. The van der Waals surface area contributed by atoms with Gasteiger partial charge in [0, 0.05) is 23.5 Å². The highest BCUT2D eigenvalue weighted by molar-refractivity contribution is 5.69. The molecule has 0 atom stereocenters. The lowest BCUT2D eigenvalue weighted by atomic mass is 10.1. The number of hydrogen-bond acceptors (Lipinski definition) is 2. The van der Waals surface area contributed by atoms with Crippen molar-refractivity contribution in [3.8, 4) is 0 Å². The first kappa shape index (κ1) is 13.1. The lowest BCUT2D eigenvalue weighted by molar-refractivity contribution is 0.281. The van der Waals surface area contributed by atoms with Gasteiger partial charge in [-0.2, -0.15) is 0 Å². The largest absolute Gasteiger partial charge is 0.392 e. The van der Waals surface area contributed by atoms with E-state index in [0.29, 0.717) is 5.56 Å². The molecule has 0 aromatic heterocycles. The molecule has 3 rings (SSSR count). The fraction of sp³-hybridized carbons (Fsp3) is 0.294. The van der Waals surface area contributed by atoms with Crippen LogP contribution in [0.15, 0.2) is 42.5 Å². The second kappa shape index (κ2) is 5.63. The van der Waals surface area contributed by atoms with Crippen molar-refractivity contribution in [1.29, 1.82) is 0 Å². The number of anilines is 2. The number of fused-ring (bicyclic) bond motifs is 1. The van der Waals surface area contributed by atoms with Crippen LogP contribution in [0.5, 0.6) is 0 Å². The van der Waals surface area contributed by atoms with Crippen molar-refractivity contribution in [2.75, 3.05) is 11.4 Å². The van der Waals surface area contributed by atoms with Gasteiger partial charge in [0.25, 0.3) is 0 Å². The molecule has 1 aliphatic rings. The lowest BCUT2D eigenvalue weighted by Crippen LogP contribution is -2.19. The van der Waals surface area contributed by atoms with Crippen molar-refractivity contribution in [3.63, 3.8) is 0 Å². The number of para-hydroxylation sites is 1. The second-order valence-electron chi connectivity index (χ2n) is 5.17. The smallest absolute Gasteiger partial charge is 0.123 e. The van der Waals surface area contributed by atoms with Crippen LogP contribution in [0.3, 0.4) is 0 Å². The number of halogens is 1. The zero-order chi connectivity index (χ0) is 13.9. The fourth-order valence-electron chi connectivity index (χ4n) is 2.89. The van der Waals surface area contributed by atoms with Crippen molar-refractivity contribution in [3.05, 3.63) is 59.4 Å². The third kappa shape index (κ3) is 2.41. The fourth-order valence-corrected chi connectivity index (χ4v) is 2.89. The average Bonchev–Trinajstić information content (AvgIpc) is 2.69. The molecule has 0 unspecified atom stereocenters. The van der Waals surface area contributed by atoms with E-state index in [1.54, 1.807) is 6.07 Å². The Morgan fingerprint density at radius 2 is 1.90 bits per heavy atom. The van der Waals surface area contributed by atoms with E-state index < -0.39 is 0 Å². The number of rotatable bonds is 2. The summed E-state index contributed by atoms with van der Waals surface area (Å²) in [7, 11) is 0. The molecule has 0 saturated heterocycles. The normalized spacial score (nSPS) is 14.8. The van der Waals surface area contributed by atoms with Crippen LogP contribution >= 0.6 is 0 Å². The van der Waals surface area contributed by atoms with Crippen LogP contribution in [-0.4, -0.2) is 11.7 Å². The van der Waals surface area contributed by atoms with E-state index in [9.17, 15) is 9.50 Å². The summed E-state index contributed by atoms with van der Waals surface area (Å²) in [6, 6.07) is 13.0. The van der Waals surface area contributed by atoms with E-state index in [1.807, 2.05) is 6.07 Å². The summed E-state index contributed by atoms with van der Waals surface area (Å²) in [4.78, 5) is 2.20. The monoisotopic (exact) mass is 271 g/mol. The van der Waals surface area contributed by atoms with Gasteiger partial charge in [0.15, 0.2) is 0 Å². The summed E-state index contributed by atoms with van der Waals surface area (Å²) in [5.41, 5.74) is 4.04. The quantitative estimate of drug-likeness (QED) is 0.898. The first-order chi connectivity index (χ1) is 9.79. The standard InChI is InChI=1S/C17H18FNO/c18-15-8-9-17(14(11-15)12-20)19-10-4-3-6-13-5-1-2-7-16(13)19/h1-2,5,7-9,11,20H,3-4,6,10,12H2. The Morgan fingerprint density at radius 3 is 2.75 bits per heavy atom. The first-order valence-electron chi connectivity index (χ1n) is 7.04. The van der Waals surface area contributed by atoms with Crippen molar-refractivity contribution in [2.45, 2.75) is 25.9 Å². The van der Waals surface area contributed by atoms with Gasteiger partial charge in [0.2, 0.25) is 0 Å². The summed E-state index contributed by atoms with van der Waals surface area (Å²) >= 11 is 0. The minimum Gasteiger partial charge on any atom is -0.392 e. The van der Waals surface area contributed by atoms with Crippen LogP contribution < -0.4 is 4.90 Å². The zero-order valence-electron chi connectivity index (χ0n) is 11.3. The van der Waals surface area contributed by atoms with Gasteiger partial charge in [-0.3, -0.25) is 0 Å². The van der Waals surface area contributed by atoms with Gasteiger partial charge in [-0.15, -0.1) is 0 Å². The van der Waals surface area contributed by atoms with Crippen LogP contribution in [-0.2, 0) is 13.0 Å². The van der Waals surface area contributed by atoms with Crippen LogP contribution in [0.4, 0.5) is 15.8 Å². The number of aryl methyl sites for hydroxylation is 1. The molecule has 2 aromatic rings. The molecule has 0 bridgehead atoms. The van der Waals surface area contributed by atoms with Gasteiger partial charge in [-0.05, 0) is 49.1 Å². The Kier molecular flexibility index (Phi) is 3.70. The van der Waals surface area contributed by atoms with Crippen LogP contribution in [0, 0.1) is 5.82 Å². The summed E-state index contributed by atoms with van der Waals surface area (Å²) < 4.78 is 13.3. The third-order valence-corrected chi connectivity index (χ3v) is 3.86. The predicted octanol–water partition coefficient (Wildman–Crippen LogP) is 3.79. The summed E-state index contributed by atoms with van der Waals surface area (Å²) in [5.74, 6) is -0.305. The molecular formula is C17H18FNO.